The number of phenolic OH excluding ortho intramolecular Hbond substituents is 1. The van der Waals surface area contributed by atoms with Gasteiger partial charge in [0.05, 0.1) is 23.7 Å². The first-order valence-electron chi connectivity index (χ1n) is 11.1. The minimum absolute atomic E-state index is 0.0695. The molecule has 2 saturated heterocycles. The van der Waals surface area contributed by atoms with Crippen molar-refractivity contribution in [2.24, 2.45) is 5.92 Å². The normalized spacial score (nSPS) is 20.5. The molecule has 8 nitrogen and oxygen atoms in total. The maximum Gasteiger partial charge on any atom is 0.407 e. The van der Waals surface area contributed by atoms with Crippen LogP contribution >= 0.6 is 0 Å². The Labute approximate surface area is 190 Å². The van der Waals surface area contributed by atoms with E-state index in [9.17, 15) is 19.4 Å². The van der Waals surface area contributed by atoms with E-state index in [4.69, 9.17) is 9.72 Å². The summed E-state index contributed by atoms with van der Waals surface area (Å²) in [5.74, 6) is 0.762. The predicted octanol–water partition coefficient (Wildman–Crippen LogP) is 3.74. The topological polar surface area (TPSA) is 99.0 Å². The van der Waals surface area contributed by atoms with Crippen LogP contribution in [-0.2, 0) is 4.74 Å². The number of aromatic nitrogens is 2. The van der Waals surface area contributed by atoms with E-state index in [0.29, 0.717) is 67.4 Å². The summed E-state index contributed by atoms with van der Waals surface area (Å²) in [6, 6.07) is 11.1. The zero-order valence-electron chi connectivity index (χ0n) is 18.0. The Morgan fingerprint density at radius 3 is 2.82 bits per heavy atom. The van der Waals surface area contributed by atoms with E-state index in [0.717, 1.165) is 6.42 Å². The summed E-state index contributed by atoms with van der Waals surface area (Å²) in [5.41, 5.74) is 1.08. The molecule has 1 amide bonds. The molecule has 9 heteroatoms. The molecule has 3 aromatic rings. The lowest BCUT2D eigenvalue weighted by atomic mass is 10.1. The van der Waals surface area contributed by atoms with E-state index in [1.54, 1.807) is 30.3 Å². The summed E-state index contributed by atoms with van der Waals surface area (Å²) >= 11 is 0. The van der Waals surface area contributed by atoms with Gasteiger partial charge < -0.3 is 24.7 Å². The van der Waals surface area contributed by atoms with E-state index in [1.165, 1.54) is 17.0 Å². The molecule has 1 aromatic heterocycles. The van der Waals surface area contributed by atoms with E-state index < -0.39 is 6.09 Å². The number of hydrogen-bond donors (Lipinski definition) is 2. The van der Waals surface area contributed by atoms with Crippen LogP contribution in [0.5, 0.6) is 5.75 Å². The van der Waals surface area contributed by atoms with Crippen molar-refractivity contribution in [3.05, 3.63) is 48.3 Å². The standard InChI is InChI=1S/C24H25FN4O4/c25-16-5-6-20-19(11-16)23(27-22(26-20)18-3-1-2-4-21(18)30)28-9-7-15(12-28)13-29(24(31)32)17-8-10-33-14-17/h1-6,11,15,17,30H,7-10,12-14H2,(H,31,32). The van der Waals surface area contributed by atoms with Gasteiger partial charge in [-0.3, -0.25) is 0 Å². The van der Waals surface area contributed by atoms with Gasteiger partial charge in [0.2, 0.25) is 0 Å². The Morgan fingerprint density at radius 1 is 1.21 bits per heavy atom. The summed E-state index contributed by atoms with van der Waals surface area (Å²) in [6.45, 7) is 2.70. The van der Waals surface area contributed by atoms with Crippen LogP contribution in [0, 0.1) is 11.7 Å². The molecule has 0 aliphatic carbocycles. The molecule has 0 spiro atoms. The van der Waals surface area contributed by atoms with Crippen molar-refractivity contribution in [1.82, 2.24) is 14.9 Å². The zero-order valence-corrected chi connectivity index (χ0v) is 18.0. The Morgan fingerprint density at radius 2 is 2.06 bits per heavy atom. The van der Waals surface area contributed by atoms with Crippen LogP contribution in [0.25, 0.3) is 22.3 Å². The number of fused-ring (bicyclic) bond motifs is 1. The molecule has 2 atom stereocenters. The molecule has 2 fully saturated rings. The SMILES string of the molecule is O=C(O)N(CC1CCN(c2nc(-c3ccccc3O)nc3ccc(F)cc23)C1)C1CCOC1. The van der Waals surface area contributed by atoms with Crippen molar-refractivity contribution < 1.29 is 24.1 Å². The second-order valence-corrected chi connectivity index (χ2v) is 8.60. The number of ether oxygens (including phenoxy) is 1. The number of hydrogen-bond acceptors (Lipinski definition) is 6. The Hall–Kier alpha value is -3.46. The first-order valence-corrected chi connectivity index (χ1v) is 11.1. The summed E-state index contributed by atoms with van der Waals surface area (Å²) in [7, 11) is 0. The van der Waals surface area contributed by atoms with Gasteiger partial charge in [-0.15, -0.1) is 0 Å². The molecule has 0 radical (unpaired) electrons. The molecule has 2 unspecified atom stereocenters. The molecular formula is C24H25FN4O4. The van der Waals surface area contributed by atoms with E-state index in [2.05, 4.69) is 9.88 Å². The molecule has 3 heterocycles. The van der Waals surface area contributed by atoms with Crippen molar-refractivity contribution in [2.75, 3.05) is 37.7 Å². The number of halogens is 1. The summed E-state index contributed by atoms with van der Waals surface area (Å²) in [6.07, 6.45) is 0.576. The fourth-order valence-corrected chi connectivity index (χ4v) is 4.71. The predicted molar refractivity (Wildman–Crippen MR) is 121 cm³/mol. The number of phenols is 1. The number of rotatable bonds is 5. The first kappa shape index (κ1) is 21.4. The minimum Gasteiger partial charge on any atom is -0.507 e. The molecule has 5 rings (SSSR count). The van der Waals surface area contributed by atoms with Crippen LogP contribution in [0.3, 0.4) is 0 Å². The summed E-state index contributed by atoms with van der Waals surface area (Å²) in [4.78, 5) is 24.7. The number of benzene rings is 2. The van der Waals surface area contributed by atoms with Crippen LogP contribution in [0.2, 0.25) is 0 Å². The molecule has 0 saturated carbocycles. The smallest absolute Gasteiger partial charge is 0.407 e. The highest BCUT2D eigenvalue weighted by Gasteiger charge is 2.33. The second kappa shape index (κ2) is 8.82. The van der Waals surface area contributed by atoms with Crippen LogP contribution in [0.15, 0.2) is 42.5 Å². The number of aromatic hydroxyl groups is 1. The molecule has 0 bridgehead atoms. The highest BCUT2D eigenvalue weighted by Crippen LogP contribution is 2.34. The Balaban J connectivity index is 1.46. The van der Waals surface area contributed by atoms with Gasteiger partial charge in [-0.1, -0.05) is 12.1 Å². The number of nitrogens with zero attached hydrogens (tertiary/aromatic N) is 4. The van der Waals surface area contributed by atoms with Gasteiger partial charge in [-0.25, -0.2) is 19.2 Å². The summed E-state index contributed by atoms with van der Waals surface area (Å²) < 4.78 is 19.5. The van der Waals surface area contributed by atoms with Gasteiger partial charge in [-0.2, -0.15) is 0 Å². The second-order valence-electron chi connectivity index (χ2n) is 8.60. The van der Waals surface area contributed by atoms with Gasteiger partial charge in [-0.05, 0) is 49.1 Å². The fourth-order valence-electron chi connectivity index (χ4n) is 4.71. The van der Waals surface area contributed by atoms with E-state index in [1.807, 2.05) is 0 Å². The molecule has 2 aromatic carbocycles. The third kappa shape index (κ3) is 4.28. The summed E-state index contributed by atoms with van der Waals surface area (Å²) in [5, 5.41) is 20.6. The lowest BCUT2D eigenvalue weighted by Crippen LogP contribution is -2.43. The Bertz CT molecular complexity index is 1180. The number of amides is 1. The average Bonchev–Trinajstić information content (AvgIpc) is 3.49. The van der Waals surface area contributed by atoms with Gasteiger partial charge in [0.15, 0.2) is 5.82 Å². The zero-order chi connectivity index (χ0) is 22.9. The van der Waals surface area contributed by atoms with Gasteiger partial charge in [0.25, 0.3) is 0 Å². The van der Waals surface area contributed by atoms with Gasteiger partial charge >= 0.3 is 6.09 Å². The number of para-hydroxylation sites is 1. The van der Waals surface area contributed by atoms with Gasteiger partial charge in [0, 0.05) is 31.6 Å². The largest absolute Gasteiger partial charge is 0.507 e. The van der Waals surface area contributed by atoms with Crippen molar-refractivity contribution in [3.63, 3.8) is 0 Å². The van der Waals surface area contributed by atoms with Crippen LogP contribution < -0.4 is 4.90 Å². The van der Waals surface area contributed by atoms with Crippen molar-refractivity contribution >= 4 is 22.8 Å². The number of anilines is 1. The molecule has 2 aliphatic rings. The lowest BCUT2D eigenvalue weighted by molar-refractivity contribution is 0.104. The maximum absolute atomic E-state index is 14.1. The first-order chi connectivity index (χ1) is 16.0. The average molecular weight is 452 g/mol. The van der Waals surface area contributed by atoms with E-state index >= 15 is 0 Å². The minimum atomic E-state index is -0.930. The molecule has 172 valence electrons. The molecular weight excluding hydrogens is 427 g/mol. The monoisotopic (exact) mass is 452 g/mol. The third-order valence-corrected chi connectivity index (χ3v) is 6.42. The molecule has 2 aliphatic heterocycles. The molecule has 2 N–H and O–H groups in total. The number of carboxylic acid groups (broad SMARTS) is 1. The van der Waals surface area contributed by atoms with Crippen molar-refractivity contribution in [3.8, 4) is 17.1 Å². The third-order valence-electron chi connectivity index (χ3n) is 6.42. The fraction of sp³-hybridized carbons (Fsp3) is 0.375. The quantitative estimate of drug-likeness (QED) is 0.608. The Kier molecular flexibility index (Phi) is 5.72. The highest BCUT2D eigenvalue weighted by atomic mass is 19.1. The van der Waals surface area contributed by atoms with E-state index in [-0.39, 0.29) is 23.5 Å². The van der Waals surface area contributed by atoms with Crippen LogP contribution in [0.4, 0.5) is 15.0 Å². The van der Waals surface area contributed by atoms with Gasteiger partial charge in [0.1, 0.15) is 17.4 Å². The van der Waals surface area contributed by atoms with Crippen LogP contribution in [0.1, 0.15) is 12.8 Å². The lowest BCUT2D eigenvalue weighted by Gasteiger charge is -2.28. The number of carbonyl (C=O) groups is 1. The maximum atomic E-state index is 14.1. The molecule has 33 heavy (non-hydrogen) atoms. The van der Waals surface area contributed by atoms with Crippen molar-refractivity contribution in [1.29, 1.82) is 0 Å². The highest BCUT2D eigenvalue weighted by molar-refractivity contribution is 5.91. The van der Waals surface area contributed by atoms with Crippen molar-refractivity contribution in [2.45, 2.75) is 18.9 Å². The van der Waals surface area contributed by atoms with Crippen LogP contribution in [-0.4, -0.2) is 70.1 Å².